The van der Waals surface area contributed by atoms with Gasteiger partial charge in [0.2, 0.25) is 5.66 Å². The van der Waals surface area contributed by atoms with E-state index < -0.39 is 28.8 Å². The van der Waals surface area contributed by atoms with Gasteiger partial charge in [0.25, 0.3) is 5.91 Å². The topological polar surface area (TPSA) is 125 Å². The molecule has 0 saturated carbocycles. The number of nitrogens with zero attached hydrogens (tertiary/aromatic N) is 4. The number of esters is 2. The van der Waals surface area contributed by atoms with Crippen molar-refractivity contribution < 1.29 is 23.9 Å². The largest absolute Gasteiger partial charge is 0.468 e. The van der Waals surface area contributed by atoms with Crippen LogP contribution < -0.4 is 5.32 Å². The summed E-state index contributed by atoms with van der Waals surface area (Å²) in [6.07, 6.45) is 1.45. The Labute approximate surface area is 144 Å². The van der Waals surface area contributed by atoms with Crippen LogP contribution in [0, 0.1) is 0 Å². The third-order valence-electron chi connectivity index (χ3n) is 4.07. The maximum Gasteiger partial charge on any atom is 0.355 e. The highest BCUT2D eigenvalue weighted by Crippen LogP contribution is 2.47. The molecule has 1 amide bonds. The van der Waals surface area contributed by atoms with Crippen LogP contribution in [0.4, 0.5) is 0 Å². The zero-order valence-electron chi connectivity index (χ0n) is 13.0. The fourth-order valence-corrected chi connectivity index (χ4v) is 4.26. The van der Waals surface area contributed by atoms with Gasteiger partial charge in [-0.3, -0.25) is 19.1 Å². The van der Waals surface area contributed by atoms with E-state index in [1.165, 1.54) is 25.0 Å². The number of carbonyl (C=O) groups excluding carboxylic acids is 3. The number of methoxy groups -OCH3 is 2. The minimum atomic E-state index is -1.86. The molecule has 0 radical (unpaired) electrons. The smallest absolute Gasteiger partial charge is 0.355 e. The van der Waals surface area contributed by atoms with E-state index in [0.29, 0.717) is 5.56 Å². The second-order valence-corrected chi connectivity index (χ2v) is 6.35. The number of nitrogens with one attached hydrogen (secondary N) is 1. The van der Waals surface area contributed by atoms with Crippen LogP contribution in [0.15, 0.2) is 23.5 Å². The standard InChI is InChI=1S/C14H11N5O5S/c1-23-11(21)8-14(12(22)24-2)16-10(20)7-6(4-3-5-15-7)9-17-18-13(25-8)19(9)14/h3-5,8H,1-2H3,(H,16,20)/t8-,14-/m0/s1. The Kier molecular flexibility index (Phi) is 3.29. The lowest BCUT2D eigenvalue weighted by molar-refractivity contribution is -0.158. The Morgan fingerprint density at radius 1 is 1.32 bits per heavy atom. The van der Waals surface area contributed by atoms with E-state index in [9.17, 15) is 14.4 Å². The summed E-state index contributed by atoms with van der Waals surface area (Å²) in [5, 5.41) is 9.87. The van der Waals surface area contributed by atoms with Crippen molar-refractivity contribution in [1.82, 2.24) is 25.1 Å². The molecule has 0 bridgehead atoms. The van der Waals surface area contributed by atoms with Gasteiger partial charge in [-0.15, -0.1) is 10.2 Å². The van der Waals surface area contributed by atoms with Crippen molar-refractivity contribution in [3.05, 3.63) is 24.0 Å². The second-order valence-electron chi connectivity index (χ2n) is 5.27. The summed E-state index contributed by atoms with van der Waals surface area (Å²) in [6, 6.07) is 3.28. The molecule has 0 aliphatic carbocycles. The molecule has 1 N–H and O–H groups in total. The summed E-state index contributed by atoms with van der Waals surface area (Å²) >= 11 is 0.970. The Morgan fingerprint density at radius 3 is 2.84 bits per heavy atom. The van der Waals surface area contributed by atoms with E-state index in [-0.39, 0.29) is 16.7 Å². The normalized spacial score (nSPS) is 23.1. The highest BCUT2D eigenvalue weighted by molar-refractivity contribution is 8.00. The number of aromatic nitrogens is 4. The van der Waals surface area contributed by atoms with Crippen molar-refractivity contribution in [2.75, 3.05) is 14.2 Å². The van der Waals surface area contributed by atoms with Gasteiger partial charge >= 0.3 is 11.9 Å². The number of pyridine rings is 1. The molecule has 11 heteroatoms. The fourth-order valence-electron chi connectivity index (χ4n) is 3.00. The molecule has 0 saturated heterocycles. The first-order valence-corrected chi connectivity index (χ1v) is 7.99. The minimum absolute atomic E-state index is 0.0731. The Bertz CT molecular complexity index is 928. The zero-order valence-corrected chi connectivity index (χ0v) is 13.9. The first kappa shape index (κ1) is 15.6. The number of rotatable bonds is 2. The zero-order chi connectivity index (χ0) is 17.8. The van der Waals surface area contributed by atoms with Crippen LogP contribution in [0.2, 0.25) is 0 Å². The van der Waals surface area contributed by atoms with Crippen molar-refractivity contribution >= 4 is 29.6 Å². The Morgan fingerprint density at radius 2 is 2.12 bits per heavy atom. The summed E-state index contributed by atoms with van der Waals surface area (Å²) < 4.78 is 11.1. The van der Waals surface area contributed by atoms with Gasteiger partial charge in [-0.25, -0.2) is 4.79 Å². The molecule has 2 aliphatic heterocycles. The first-order valence-electron chi connectivity index (χ1n) is 7.11. The number of ether oxygens (including phenoxy) is 2. The molecule has 4 rings (SSSR count). The van der Waals surface area contributed by atoms with Gasteiger partial charge in [0, 0.05) is 6.20 Å². The molecule has 10 nitrogen and oxygen atoms in total. The number of thioether (sulfide) groups is 1. The van der Waals surface area contributed by atoms with Crippen molar-refractivity contribution in [2.45, 2.75) is 16.1 Å². The van der Waals surface area contributed by atoms with Gasteiger partial charge in [-0.05, 0) is 12.1 Å². The van der Waals surface area contributed by atoms with Gasteiger partial charge < -0.3 is 14.8 Å². The molecule has 2 atom stereocenters. The van der Waals surface area contributed by atoms with Crippen LogP contribution in [0.25, 0.3) is 11.4 Å². The number of amides is 1. The molecule has 128 valence electrons. The SMILES string of the molecule is COC(=O)[C@@H]1Sc2nnc3n2[C@@]1(C(=O)OC)NC(=O)c1ncccc1-3. The van der Waals surface area contributed by atoms with Gasteiger partial charge in [-0.2, -0.15) is 0 Å². The molecule has 0 spiro atoms. The van der Waals surface area contributed by atoms with E-state index in [4.69, 9.17) is 9.47 Å². The highest BCUT2D eigenvalue weighted by Gasteiger charge is 2.62. The van der Waals surface area contributed by atoms with E-state index in [0.717, 1.165) is 11.8 Å². The van der Waals surface area contributed by atoms with Crippen molar-refractivity contribution in [3.63, 3.8) is 0 Å². The lowest BCUT2D eigenvalue weighted by Gasteiger charge is -2.31. The number of hydrogen-bond donors (Lipinski definition) is 1. The van der Waals surface area contributed by atoms with Crippen molar-refractivity contribution in [1.29, 1.82) is 0 Å². The van der Waals surface area contributed by atoms with E-state index in [1.54, 1.807) is 12.1 Å². The molecule has 2 aromatic rings. The quantitative estimate of drug-likeness (QED) is 0.708. The van der Waals surface area contributed by atoms with Crippen LogP contribution in [-0.4, -0.2) is 57.1 Å². The highest BCUT2D eigenvalue weighted by atomic mass is 32.2. The molecule has 25 heavy (non-hydrogen) atoms. The molecule has 2 aromatic heterocycles. The van der Waals surface area contributed by atoms with Crippen molar-refractivity contribution in [2.24, 2.45) is 0 Å². The summed E-state index contributed by atoms with van der Waals surface area (Å²) in [4.78, 5) is 41.9. The van der Waals surface area contributed by atoms with Crippen LogP contribution in [-0.2, 0) is 24.7 Å². The van der Waals surface area contributed by atoms with Gasteiger partial charge in [-0.1, -0.05) is 11.8 Å². The maximum atomic E-state index is 12.7. The van der Waals surface area contributed by atoms with Gasteiger partial charge in [0.15, 0.2) is 16.2 Å². The predicted octanol–water partition coefficient (Wildman–Crippen LogP) is -0.443. The Hall–Kier alpha value is -2.95. The number of carbonyl (C=O) groups is 3. The van der Waals surface area contributed by atoms with E-state index in [1.807, 2.05) is 0 Å². The summed E-state index contributed by atoms with van der Waals surface area (Å²) in [5.41, 5.74) is -1.39. The third kappa shape index (κ3) is 1.86. The van der Waals surface area contributed by atoms with Crippen LogP contribution >= 0.6 is 11.8 Å². The van der Waals surface area contributed by atoms with Gasteiger partial charge in [0.05, 0.1) is 19.8 Å². The summed E-state index contributed by atoms with van der Waals surface area (Å²) in [5.74, 6) is -1.93. The predicted molar refractivity (Wildman–Crippen MR) is 82.4 cm³/mol. The number of hydrogen-bond acceptors (Lipinski definition) is 9. The molecular formula is C14H11N5O5S. The Balaban J connectivity index is 2.05. The van der Waals surface area contributed by atoms with Crippen molar-refractivity contribution in [3.8, 4) is 11.4 Å². The summed E-state index contributed by atoms with van der Waals surface area (Å²) in [6.45, 7) is 0. The van der Waals surface area contributed by atoms with Crippen LogP contribution in [0.5, 0.6) is 0 Å². The fraction of sp³-hybridized carbons (Fsp3) is 0.286. The average molecular weight is 361 g/mol. The van der Waals surface area contributed by atoms with E-state index >= 15 is 0 Å². The molecule has 2 aliphatic rings. The first-order chi connectivity index (χ1) is 12.0. The monoisotopic (exact) mass is 361 g/mol. The maximum absolute atomic E-state index is 12.7. The van der Waals surface area contributed by atoms with Crippen LogP contribution in [0.3, 0.4) is 0 Å². The molecular weight excluding hydrogens is 350 g/mol. The third-order valence-corrected chi connectivity index (χ3v) is 5.31. The lowest BCUT2D eigenvalue weighted by atomic mass is 10.1. The minimum Gasteiger partial charge on any atom is -0.468 e. The molecule has 0 fully saturated rings. The van der Waals surface area contributed by atoms with E-state index in [2.05, 4.69) is 20.5 Å². The number of fused-ring (bicyclic) bond motifs is 2. The molecule has 0 aromatic carbocycles. The second kappa shape index (κ2) is 5.28. The average Bonchev–Trinajstić information content (AvgIpc) is 3.16. The molecule has 4 heterocycles. The lowest BCUT2D eigenvalue weighted by Crippen LogP contribution is -2.62. The van der Waals surface area contributed by atoms with Crippen LogP contribution in [0.1, 0.15) is 10.5 Å². The molecule has 0 unspecified atom stereocenters. The van der Waals surface area contributed by atoms with Gasteiger partial charge in [0.1, 0.15) is 5.69 Å². The summed E-state index contributed by atoms with van der Waals surface area (Å²) in [7, 11) is 2.36.